The van der Waals surface area contributed by atoms with Crippen molar-refractivity contribution < 1.29 is 4.42 Å². The van der Waals surface area contributed by atoms with Crippen LogP contribution < -0.4 is 5.32 Å². The van der Waals surface area contributed by atoms with Crippen molar-refractivity contribution in [2.24, 2.45) is 0 Å². The molecule has 2 unspecified atom stereocenters. The standard InChI is InChI=1S/C16H25N3O/c1-4-13(2)19-10-9-15(18-19)12-14(17-3)7-8-16-6-5-11-20-16/h5-6,9-11,13-14,17H,4,7-8,12H2,1-3H3. The van der Waals surface area contributed by atoms with E-state index >= 15 is 0 Å². The van der Waals surface area contributed by atoms with Crippen molar-refractivity contribution in [2.75, 3.05) is 7.05 Å². The van der Waals surface area contributed by atoms with Crippen LogP contribution in [0, 0.1) is 0 Å². The molecule has 0 saturated heterocycles. The van der Waals surface area contributed by atoms with Crippen LogP contribution in [0.1, 0.15) is 44.2 Å². The monoisotopic (exact) mass is 275 g/mol. The second-order valence-corrected chi connectivity index (χ2v) is 5.35. The molecular weight excluding hydrogens is 250 g/mol. The highest BCUT2D eigenvalue weighted by molar-refractivity contribution is 5.03. The summed E-state index contributed by atoms with van der Waals surface area (Å²) in [6.45, 7) is 4.38. The average molecular weight is 275 g/mol. The van der Waals surface area contributed by atoms with Crippen LogP contribution in [-0.4, -0.2) is 22.9 Å². The molecular formula is C16H25N3O. The van der Waals surface area contributed by atoms with Crippen LogP contribution in [0.5, 0.6) is 0 Å². The van der Waals surface area contributed by atoms with E-state index in [9.17, 15) is 0 Å². The number of nitrogens with zero attached hydrogens (tertiary/aromatic N) is 2. The van der Waals surface area contributed by atoms with Crippen LogP contribution in [0.15, 0.2) is 35.1 Å². The van der Waals surface area contributed by atoms with Gasteiger partial charge in [0.2, 0.25) is 0 Å². The van der Waals surface area contributed by atoms with Gasteiger partial charge < -0.3 is 9.73 Å². The van der Waals surface area contributed by atoms with Gasteiger partial charge in [0.1, 0.15) is 5.76 Å². The number of hydrogen-bond donors (Lipinski definition) is 1. The molecule has 2 aromatic heterocycles. The molecule has 0 amide bonds. The SMILES string of the molecule is CCC(C)n1ccc(CC(CCc2ccco2)NC)n1. The Labute approximate surface area is 121 Å². The molecule has 0 bridgehead atoms. The molecule has 0 aromatic carbocycles. The Morgan fingerprint density at radius 2 is 2.25 bits per heavy atom. The zero-order valence-electron chi connectivity index (χ0n) is 12.7. The predicted octanol–water partition coefficient (Wildman–Crippen LogP) is 3.21. The topological polar surface area (TPSA) is 43.0 Å². The highest BCUT2D eigenvalue weighted by Gasteiger charge is 2.11. The largest absolute Gasteiger partial charge is 0.469 e. The van der Waals surface area contributed by atoms with Crippen molar-refractivity contribution in [3.8, 4) is 0 Å². The summed E-state index contributed by atoms with van der Waals surface area (Å²) in [5.74, 6) is 1.05. The van der Waals surface area contributed by atoms with Crippen molar-refractivity contribution in [1.82, 2.24) is 15.1 Å². The summed E-state index contributed by atoms with van der Waals surface area (Å²) in [7, 11) is 2.01. The van der Waals surface area contributed by atoms with E-state index < -0.39 is 0 Å². The van der Waals surface area contributed by atoms with Gasteiger partial charge in [0.05, 0.1) is 12.0 Å². The first-order chi connectivity index (χ1) is 9.72. The Kier molecular flexibility index (Phi) is 5.41. The predicted molar refractivity (Wildman–Crippen MR) is 80.8 cm³/mol. The molecule has 4 heteroatoms. The van der Waals surface area contributed by atoms with E-state index in [2.05, 4.69) is 41.2 Å². The zero-order chi connectivity index (χ0) is 14.4. The van der Waals surface area contributed by atoms with Crippen LogP contribution in [0.2, 0.25) is 0 Å². The quantitative estimate of drug-likeness (QED) is 0.804. The van der Waals surface area contributed by atoms with Gasteiger partial charge in [-0.3, -0.25) is 4.68 Å². The molecule has 0 aliphatic rings. The Morgan fingerprint density at radius 1 is 1.40 bits per heavy atom. The summed E-state index contributed by atoms with van der Waals surface area (Å²) in [5.41, 5.74) is 1.16. The molecule has 0 fully saturated rings. The van der Waals surface area contributed by atoms with E-state index in [4.69, 9.17) is 4.42 Å². The molecule has 20 heavy (non-hydrogen) atoms. The molecule has 1 N–H and O–H groups in total. The normalized spacial score (nSPS) is 14.3. The maximum absolute atomic E-state index is 5.38. The van der Waals surface area contributed by atoms with E-state index in [0.717, 1.165) is 37.1 Å². The van der Waals surface area contributed by atoms with E-state index in [1.54, 1.807) is 6.26 Å². The number of aryl methyl sites for hydroxylation is 1. The fraction of sp³-hybridized carbons (Fsp3) is 0.562. The minimum Gasteiger partial charge on any atom is -0.469 e. The van der Waals surface area contributed by atoms with Crippen LogP contribution >= 0.6 is 0 Å². The fourth-order valence-corrected chi connectivity index (χ4v) is 2.29. The van der Waals surface area contributed by atoms with Crippen LogP contribution in [0.25, 0.3) is 0 Å². The first kappa shape index (κ1) is 14.9. The minimum atomic E-state index is 0.431. The summed E-state index contributed by atoms with van der Waals surface area (Å²) >= 11 is 0. The fourth-order valence-electron chi connectivity index (χ4n) is 2.29. The number of furan rings is 1. The third-order valence-electron chi connectivity index (χ3n) is 3.89. The molecule has 110 valence electrons. The maximum Gasteiger partial charge on any atom is 0.103 e. The Bertz CT molecular complexity index is 490. The lowest BCUT2D eigenvalue weighted by molar-refractivity contribution is 0.448. The molecule has 0 aliphatic heterocycles. The minimum absolute atomic E-state index is 0.431. The number of rotatable bonds is 8. The number of hydrogen-bond acceptors (Lipinski definition) is 3. The average Bonchev–Trinajstić information content (AvgIpc) is 3.13. The van der Waals surface area contributed by atoms with E-state index in [1.165, 1.54) is 0 Å². The van der Waals surface area contributed by atoms with E-state index in [-0.39, 0.29) is 0 Å². The van der Waals surface area contributed by atoms with Gasteiger partial charge in [-0.05, 0) is 45.0 Å². The highest BCUT2D eigenvalue weighted by Crippen LogP contribution is 2.12. The zero-order valence-corrected chi connectivity index (χ0v) is 12.7. The lowest BCUT2D eigenvalue weighted by atomic mass is 10.1. The van der Waals surface area contributed by atoms with Crippen molar-refractivity contribution in [1.29, 1.82) is 0 Å². The van der Waals surface area contributed by atoms with Crippen molar-refractivity contribution in [3.05, 3.63) is 42.1 Å². The van der Waals surface area contributed by atoms with Crippen LogP contribution in [0.3, 0.4) is 0 Å². The molecule has 0 saturated carbocycles. The molecule has 0 aliphatic carbocycles. The van der Waals surface area contributed by atoms with Gasteiger partial charge in [-0.2, -0.15) is 5.10 Å². The van der Waals surface area contributed by atoms with E-state index in [1.807, 2.05) is 19.2 Å². The lowest BCUT2D eigenvalue weighted by Crippen LogP contribution is -2.28. The van der Waals surface area contributed by atoms with Gasteiger partial charge in [-0.25, -0.2) is 0 Å². The number of nitrogens with one attached hydrogen (secondary N) is 1. The lowest BCUT2D eigenvalue weighted by Gasteiger charge is -2.14. The molecule has 0 spiro atoms. The van der Waals surface area contributed by atoms with Gasteiger partial charge in [0.15, 0.2) is 0 Å². The summed E-state index contributed by atoms with van der Waals surface area (Å²) in [6.07, 6.45) is 7.90. The number of aromatic nitrogens is 2. The molecule has 2 aromatic rings. The van der Waals surface area contributed by atoms with Gasteiger partial charge in [-0.1, -0.05) is 6.92 Å². The summed E-state index contributed by atoms with van der Waals surface area (Å²) in [5, 5.41) is 8.04. The Hall–Kier alpha value is -1.55. The molecule has 2 atom stereocenters. The van der Waals surface area contributed by atoms with Gasteiger partial charge in [0, 0.05) is 31.1 Å². The molecule has 2 rings (SSSR count). The van der Waals surface area contributed by atoms with Crippen molar-refractivity contribution in [2.45, 2.75) is 51.6 Å². The first-order valence-corrected chi connectivity index (χ1v) is 7.46. The van der Waals surface area contributed by atoms with Crippen molar-refractivity contribution >= 4 is 0 Å². The molecule has 0 radical (unpaired) electrons. The molecule has 4 nitrogen and oxygen atoms in total. The second-order valence-electron chi connectivity index (χ2n) is 5.35. The summed E-state index contributed by atoms with van der Waals surface area (Å²) in [6, 6.07) is 7.01. The Balaban J connectivity index is 1.87. The Morgan fingerprint density at radius 3 is 2.90 bits per heavy atom. The maximum atomic E-state index is 5.38. The second kappa shape index (κ2) is 7.29. The summed E-state index contributed by atoms with van der Waals surface area (Å²) in [4.78, 5) is 0. The first-order valence-electron chi connectivity index (χ1n) is 7.46. The molecule has 2 heterocycles. The number of likely N-dealkylation sites (N-methyl/N-ethyl adjacent to an activating group) is 1. The third kappa shape index (κ3) is 3.97. The van der Waals surface area contributed by atoms with Crippen LogP contribution in [-0.2, 0) is 12.8 Å². The van der Waals surface area contributed by atoms with Crippen LogP contribution in [0.4, 0.5) is 0 Å². The van der Waals surface area contributed by atoms with Crippen molar-refractivity contribution in [3.63, 3.8) is 0 Å². The van der Waals surface area contributed by atoms with Gasteiger partial charge in [-0.15, -0.1) is 0 Å². The summed E-state index contributed by atoms with van der Waals surface area (Å²) < 4.78 is 7.45. The third-order valence-corrected chi connectivity index (χ3v) is 3.89. The van der Waals surface area contributed by atoms with Gasteiger partial charge in [0.25, 0.3) is 0 Å². The highest BCUT2D eigenvalue weighted by atomic mass is 16.3. The van der Waals surface area contributed by atoms with Gasteiger partial charge >= 0.3 is 0 Å². The smallest absolute Gasteiger partial charge is 0.103 e. The van der Waals surface area contributed by atoms with E-state index in [0.29, 0.717) is 12.1 Å².